The van der Waals surface area contributed by atoms with Gasteiger partial charge in [-0.1, -0.05) is 29.8 Å². The topological polar surface area (TPSA) is 62.7 Å². The van der Waals surface area contributed by atoms with Gasteiger partial charge >= 0.3 is 0 Å². The molecule has 1 heterocycles. The third-order valence-electron chi connectivity index (χ3n) is 4.80. The molecule has 1 amide bonds. The fourth-order valence-electron chi connectivity index (χ4n) is 3.35. The van der Waals surface area contributed by atoms with Gasteiger partial charge in [-0.15, -0.1) is 0 Å². The summed E-state index contributed by atoms with van der Waals surface area (Å²) in [6.45, 7) is 3.85. The van der Waals surface area contributed by atoms with Crippen LogP contribution in [0.25, 0.3) is 0 Å². The number of amides is 1. The predicted octanol–water partition coefficient (Wildman–Crippen LogP) is 5.50. The molecule has 2 bridgehead atoms. The zero-order chi connectivity index (χ0) is 21.8. The van der Waals surface area contributed by atoms with E-state index in [1.54, 1.807) is 18.2 Å². The fourth-order valence-corrected chi connectivity index (χ4v) is 3.57. The second-order valence-corrected chi connectivity index (χ2v) is 8.07. The van der Waals surface area contributed by atoms with Crippen LogP contribution in [-0.4, -0.2) is 23.9 Å². The van der Waals surface area contributed by atoms with Crippen LogP contribution in [0.1, 0.15) is 36.2 Å². The molecule has 5 nitrogen and oxygen atoms in total. The van der Waals surface area contributed by atoms with Gasteiger partial charge in [-0.2, -0.15) is 0 Å². The van der Waals surface area contributed by atoms with Crippen molar-refractivity contribution in [2.45, 2.75) is 32.4 Å². The van der Waals surface area contributed by atoms with Crippen molar-refractivity contribution in [2.75, 3.05) is 5.32 Å². The Bertz CT molecular complexity index is 1100. The van der Waals surface area contributed by atoms with Gasteiger partial charge < -0.3 is 15.4 Å². The third kappa shape index (κ3) is 5.25. The van der Waals surface area contributed by atoms with Crippen molar-refractivity contribution in [3.8, 4) is 5.75 Å². The molecule has 2 N–H and O–H groups in total. The number of nitrogens with one attached hydrogen (secondary N) is 2. The lowest BCUT2D eigenvalue weighted by Gasteiger charge is -2.21. The monoisotopic (exact) mass is 433 g/mol. The molecule has 2 aromatic carbocycles. The molecular formula is C25H24ClN3O2. The van der Waals surface area contributed by atoms with Gasteiger partial charge in [0, 0.05) is 22.5 Å². The molecule has 2 aliphatic rings. The van der Waals surface area contributed by atoms with E-state index in [9.17, 15) is 4.79 Å². The molecule has 2 aromatic rings. The zero-order valence-electron chi connectivity index (χ0n) is 17.4. The van der Waals surface area contributed by atoms with Gasteiger partial charge in [0.25, 0.3) is 5.91 Å². The van der Waals surface area contributed by atoms with E-state index in [-0.39, 0.29) is 18.1 Å². The fraction of sp³-hybridized carbons (Fsp3) is 0.200. The van der Waals surface area contributed by atoms with Crippen molar-refractivity contribution < 1.29 is 9.53 Å². The maximum absolute atomic E-state index is 12.6. The molecule has 0 saturated carbocycles. The molecule has 0 aromatic heterocycles. The first-order chi connectivity index (χ1) is 15.0. The van der Waals surface area contributed by atoms with E-state index in [2.05, 4.69) is 22.8 Å². The van der Waals surface area contributed by atoms with Gasteiger partial charge in [0.1, 0.15) is 11.6 Å². The molecule has 1 unspecified atom stereocenters. The lowest BCUT2D eigenvalue weighted by molar-refractivity contribution is 0.102. The number of carbonyl (C=O) groups is 1. The van der Waals surface area contributed by atoms with Crippen molar-refractivity contribution in [3.63, 3.8) is 0 Å². The Hall–Kier alpha value is -3.31. The first-order valence-corrected chi connectivity index (χ1v) is 10.6. The quantitative estimate of drug-likeness (QED) is 0.654. The second-order valence-electron chi connectivity index (χ2n) is 7.66. The maximum Gasteiger partial charge on any atom is 0.255 e. The van der Waals surface area contributed by atoms with E-state index in [0.717, 1.165) is 23.5 Å². The minimum atomic E-state index is -0.233. The minimum Gasteiger partial charge on any atom is -0.489 e. The number of hydrogen-bond acceptors (Lipinski definition) is 4. The molecule has 31 heavy (non-hydrogen) atoms. The number of ether oxygens (including phenoxy) is 1. The van der Waals surface area contributed by atoms with Crippen molar-refractivity contribution in [1.29, 1.82) is 0 Å². The predicted molar refractivity (Wildman–Crippen MR) is 126 cm³/mol. The van der Waals surface area contributed by atoms with E-state index >= 15 is 0 Å². The van der Waals surface area contributed by atoms with Crippen molar-refractivity contribution >= 4 is 29.0 Å². The average molecular weight is 434 g/mol. The summed E-state index contributed by atoms with van der Waals surface area (Å²) in [6, 6.07) is 12.8. The Labute approximate surface area is 187 Å². The Balaban J connectivity index is 1.44. The molecule has 0 saturated heterocycles. The summed E-state index contributed by atoms with van der Waals surface area (Å²) in [5.41, 5.74) is 3.17. The summed E-state index contributed by atoms with van der Waals surface area (Å²) in [4.78, 5) is 17.4. The number of rotatable bonds is 5. The molecule has 0 spiro atoms. The van der Waals surface area contributed by atoms with E-state index < -0.39 is 0 Å². The Morgan fingerprint density at radius 1 is 1.19 bits per heavy atom. The lowest BCUT2D eigenvalue weighted by Crippen LogP contribution is -2.30. The van der Waals surface area contributed by atoms with E-state index in [4.69, 9.17) is 21.3 Å². The van der Waals surface area contributed by atoms with Crippen LogP contribution in [0.15, 0.2) is 83.5 Å². The van der Waals surface area contributed by atoms with Crippen LogP contribution in [0.3, 0.4) is 0 Å². The first kappa shape index (κ1) is 20.9. The summed E-state index contributed by atoms with van der Waals surface area (Å²) >= 11 is 6.25. The number of amidine groups is 1. The van der Waals surface area contributed by atoms with Gasteiger partial charge in [0.15, 0.2) is 0 Å². The maximum atomic E-state index is 12.6. The van der Waals surface area contributed by atoms with Crippen LogP contribution in [0.2, 0.25) is 5.02 Å². The standard InChI is InChI=1S/C25H24ClN3O2/c1-16(2)31-23-13-10-18(14-22(23)26)25(30)29-19-11-8-17(9-12-19)24-27-20-6-4-3-5-7-21(15-20)28-24/h3-6,8-16,21H,7H2,1-2H3,(H,27,28)(H,29,30)/b5-3-,6-4-. The van der Waals surface area contributed by atoms with Gasteiger partial charge in [-0.3, -0.25) is 9.79 Å². The highest BCUT2D eigenvalue weighted by molar-refractivity contribution is 6.32. The molecule has 158 valence electrons. The number of anilines is 1. The average Bonchev–Trinajstić information content (AvgIpc) is 2.74. The first-order valence-electron chi connectivity index (χ1n) is 10.3. The Morgan fingerprint density at radius 2 is 2.00 bits per heavy atom. The second kappa shape index (κ2) is 9.23. The molecule has 1 aliphatic carbocycles. The smallest absolute Gasteiger partial charge is 0.255 e. The molecule has 4 rings (SSSR count). The van der Waals surface area contributed by atoms with E-state index in [1.165, 1.54) is 0 Å². The summed E-state index contributed by atoms with van der Waals surface area (Å²) < 4.78 is 5.62. The number of fused-ring (bicyclic) bond motifs is 1. The van der Waals surface area contributed by atoms with E-state index in [1.807, 2.05) is 56.3 Å². The largest absolute Gasteiger partial charge is 0.489 e. The summed E-state index contributed by atoms with van der Waals surface area (Å²) in [6.07, 6.45) is 11.2. The van der Waals surface area contributed by atoms with Crippen LogP contribution >= 0.6 is 11.6 Å². The summed E-state index contributed by atoms with van der Waals surface area (Å²) in [5.74, 6) is 1.16. The number of benzene rings is 2. The molecular weight excluding hydrogens is 410 g/mol. The normalized spacial score (nSPS) is 19.3. The van der Waals surface area contributed by atoms with Crippen LogP contribution in [0.5, 0.6) is 5.75 Å². The van der Waals surface area contributed by atoms with Gasteiger partial charge in [-0.25, -0.2) is 0 Å². The molecule has 1 atom stereocenters. The number of aliphatic imine (C=N–C) groups is 1. The molecule has 1 aliphatic heterocycles. The lowest BCUT2D eigenvalue weighted by atomic mass is 10.1. The van der Waals surface area contributed by atoms with Gasteiger partial charge in [0.05, 0.1) is 17.2 Å². The van der Waals surface area contributed by atoms with Crippen molar-refractivity contribution in [2.24, 2.45) is 4.99 Å². The zero-order valence-corrected chi connectivity index (χ0v) is 18.2. The van der Waals surface area contributed by atoms with Crippen LogP contribution in [0, 0.1) is 0 Å². The number of nitrogens with zero attached hydrogens (tertiary/aromatic N) is 1. The van der Waals surface area contributed by atoms with Crippen molar-refractivity contribution in [1.82, 2.24) is 5.32 Å². The summed E-state index contributed by atoms with van der Waals surface area (Å²) in [7, 11) is 0. The van der Waals surface area contributed by atoms with Crippen LogP contribution in [-0.2, 0) is 0 Å². The minimum absolute atomic E-state index is 0.0103. The number of hydrogen-bond donors (Lipinski definition) is 2. The molecule has 0 radical (unpaired) electrons. The Morgan fingerprint density at radius 3 is 2.74 bits per heavy atom. The Kier molecular flexibility index (Phi) is 6.23. The number of allylic oxidation sites excluding steroid dienone is 3. The SMILES string of the molecule is CC(C)Oc1ccc(C(=O)Nc2ccc(C3=NC4C=C(/C=C\C=C/C4)N3)cc2)cc1Cl. The summed E-state index contributed by atoms with van der Waals surface area (Å²) in [5, 5.41) is 6.67. The highest BCUT2D eigenvalue weighted by Crippen LogP contribution is 2.27. The van der Waals surface area contributed by atoms with Crippen LogP contribution in [0.4, 0.5) is 5.69 Å². The highest BCUT2D eigenvalue weighted by atomic mass is 35.5. The van der Waals surface area contributed by atoms with Crippen LogP contribution < -0.4 is 15.4 Å². The molecule has 0 fully saturated rings. The molecule has 6 heteroatoms. The van der Waals surface area contributed by atoms with Gasteiger partial charge in [0.2, 0.25) is 0 Å². The van der Waals surface area contributed by atoms with Gasteiger partial charge in [-0.05, 0) is 74.9 Å². The number of carbonyl (C=O) groups excluding carboxylic acids is 1. The van der Waals surface area contributed by atoms with Crippen molar-refractivity contribution in [3.05, 3.63) is 94.7 Å². The highest BCUT2D eigenvalue weighted by Gasteiger charge is 2.16. The third-order valence-corrected chi connectivity index (χ3v) is 5.10. The van der Waals surface area contributed by atoms with E-state index in [0.29, 0.717) is 22.0 Å². The number of halogens is 1.